The average Bonchev–Trinajstić information content (AvgIpc) is 3.19. The van der Waals surface area contributed by atoms with E-state index in [4.69, 9.17) is 21.3 Å². The number of carbonyl (C=O) groups is 1. The van der Waals surface area contributed by atoms with E-state index >= 15 is 0 Å². The molecule has 42 heavy (non-hydrogen) atoms. The van der Waals surface area contributed by atoms with Gasteiger partial charge in [-0.05, 0) is 91.5 Å². The highest BCUT2D eigenvalue weighted by molar-refractivity contribution is 7.98. The molecule has 2 fully saturated rings. The molecule has 2 N–H and O–H groups in total. The van der Waals surface area contributed by atoms with Gasteiger partial charge in [-0.2, -0.15) is 0 Å². The van der Waals surface area contributed by atoms with Crippen LogP contribution in [0.25, 0.3) is 11.0 Å². The number of nitrogens with zero attached hydrogens (tertiary/aromatic N) is 3. The van der Waals surface area contributed by atoms with Gasteiger partial charge in [0, 0.05) is 65.1 Å². The number of halogens is 1. The molecule has 0 aromatic carbocycles. The van der Waals surface area contributed by atoms with Gasteiger partial charge < -0.3 is 19.6 Å². The van der Waals surface area contributed by atoms with Crippen LogP contribution in [0.3, 0.4) is 0 Å². The number of ether oxygens (including phenoxy) is 1. The number of pyridine rings is 2. The zero-order valence-electron chi connectivity index (χ0n) is 25.8. The van der Waals surface area contributed by atoms with Gasteiger partial charge in [-0.15, -0.1) is 11.8 Å². The third-order valence-corrected chi connectivity index (χ3v) is 9.91. The third-order valence-electron chi connectivity index (χ3n) is 8.90. The standard InChI is InChI=1S/C32H44ClN5O3S/c1-18-12-27(42-7)26(30(39)36-18)15-35-31(40)28-20(3)38(29-25(28)13-22(33)14-34-29)19(2)21-8-10-23(11-9-21)37-16-24(17-37)41-32(4,5)6/h12-14,19,21,23-24H,8-11,15-17H2,1-7H3,(H,35,40)(H,36,39)/t19-,21?,23?/m1/s1. The molecule has 10 heteroatoms. The topological polar surface area (TPSA) is 92.2 Å². The van der Waals surface area contributed by atoms with E-state index in [2.05, 4.69) is 47.5 Å². The molecule has 228 valence electrons. The van der Waals surface area contributed by atoms with Gasteiger partial charge in [0.15, 0.2) is 0 Å². The van der Waals surface area contributed by atoms with Crippen molar-refractivity contribution in [1.29, 1.82) is 0 Å². The summed E-state index contributed by atoms with van der Waals surface area (Å²) in [7, 11) is 0. The van der Waals surface area contributed by atoms with Crippen LogP contribution in [0, 0.1) is 19.8 Å². The molecule has 0 bridgehead atoms. The predicted molar refractivity (Wildman–Crippen MR) is 171 cm³/mol. The van der Waals surface area contributed by atoms with Crippen molar-refractivity contribution in [3.05, 3.63) is 56.2 Å². The van der Waals surface area contributed by atoms with Crippen LogP contribution in [0.1, 0.15) is 86.7 Å². The van der Waals surface area contributed by atoms with Gasteiger partial charge in [0.25, 0.3) is 11.5 Å². The number of carbonyl (C=O) groups excluding carboxylic acids is 1. The normalized spacial score (nSPS) is 21.0. The van der Waals surface area contributed by atoms with Crippen LogP contribution < -0.4 is 10.9 Å². The largest absolute Gasteiger partial charge is 0.370 e. The van der Waals surface area contributed by atoms with Gasteiger partial charge >= 0.3 is 0 Å². The first-order chi connectivity index (χ1) is 19.9. The van der Waals surface area contributed by atoms with E-state index < -0.39 is 0 Å². The Morgan fingerprint density at radius 3 is 2.55 bits per heavy atom. The third kappa shape index (κ3) is 6.44. The van der Waals surface area contributed by atoms with Crippen LogP contribution in [0.15, 0.2) is 28.0 Å². The number of aromatic amines is 1. The van der Waals surface area contributed by atoms with E-state index in [-0.39, 0.29) is 29.7 Å². The summed E-state index contributed by atoms with van der Waals surface area (Å²) in [5.74, 6) is 0.259. The van der Waals surface area contributed by atoms with Gasteiger partial charge in [0.1, 0.15) is 5.65 Å². The fourth-order valence-corrected chi connectivity index (χ4v) is 7.73. The molecule has 2 aliphatic rings. The molecule has 1 saturated carbocycles. The summed E-state index contributed by atoms with van der Waals surface area (Å²) in [6.07, 6.45) is 8.54. The Labute approximate surface area is 257 Å². The smallest absolute Gasteiger partial charge is 0.254 e. The van der Waals surface area contributed by atoms with E-state index in [0.717, 1.165) is 53.2 Å². The number of nitrogens with one attached hydrogen (secondary N) is 2. The Bertz CT molecular complexity index is 1510. The molecule has 0 unspecified atom stereocenters. The summed E-state index contributed by atoms with van der Waals surface area (Å²) >= 11 is 7.88. The first kappa shape index (κ1) is 31.1. The highest BCUT2D eigenvalue weighted by atomic mass is 35.5. The SMILES string of the molecule is CSc1cc(C)[nH]c(=O)c1CNC(=O)c1c(C)n([C@H](C)C2CCC(N3CC(OC(C)(C)C)C3)CC2)c2ncc(Cl)cc12. The molecule has 1 atom stereocenters. The molecule has 3 aromatic rings. The minimum absolute atomic E-state index is 0.0922. The Morgan fingerprint density at radius 1 is 1.21 bits per heavy atom. The molecule has 5 rings (SSSR count). The summed E-state index contributed by atoms with van der Waals surface area (Å²) in [4.78, 5) is 37.4. The Balaban J connectivity index is 1.31. The predicted octanol–water partition coefficient (Wildman–Crippen LogP) is 6.27. The quantitative estimate of drug-likeness (QED) is 0.291. The second-order valence-corrected chi connectivity index (χ2v) is 14.3. The van der Waals surface area contributed by atoms with Crippen LogP contribution >= 0.6 is 23.4 Å². The van der Waals surface area contributed by atoms with Gasteiger partial charge in [-0.25, -0.2) is 4.98 Å². The lowest BCUT2D eigenvalue weighted by atomic mass is 9.80. The minimum atomic E-state index is -0.229. The van der Waals surface area contributed by atoms with E-state index in [0.29, 0.717) is 34.2 Å². The Kier molecular flexibility index (Phi) is 9.14. The van der Waals surface area contributed by atoms with Crippen molar-refractivity contribution in [2.45, 2.75) is 102 Å². The van der Waals surface area contributed by atoms with E-state index in [1.54, 1.807) is 6.20 Å². The number of amides is 1. The fourth-order valence-electron chi connectivity index (χ4n) is 6.86. The number of rotatable bonds is 8. The number of hydrogen-bond acceptors (Lipinski definition) is 6. The summed E-state index contributed by atoms with van der Waals surface area (Å²) in [6, 6.07) is 4.56. The van der Waals surface area contributed by atoms with Gasteiger partial charge in [0.2, 0.25) is 0 Å². The number of H-pyrrole nitrogens is 1. The molecular weight excluding hydrogens is 570 g/mol. The van der Waals surface area contributed by atoms with Crippen molar-refractivity contribution in [1.82, 2.24) is 24.8 Å². The lowest BCUT2D eigenvalue weighted by Crippen LogP contribution is -2.58. The van der Waals surface area contributed by atoms with Crippen LogP contribution in [-0.4, -0.2) is 62.4 Å². The molecule has 1 amide bonds. The van der Waals surface area contributed by atoms with Crippen molar-refractivity contribution in [2.24, 2.45) is 5.92 Å². The molecule has 0 spiro atoms. The number of likely N-dealkylation sites (tertiary alicyclic amines) is 1. The molecule has 4 heterocycles. The van der Waals surface area contributed by atoms with Crippen LogP contribution in [-0.2, 0) is 11.3 Å². The summed E-state index contributed by atoms with van der Waals surface area (Å²) in [5, 5.41) is 4.24. The molecule has 3 aromatic heterocycles. The van der Waals surface area contributed by atoms with Crippen molar-refractivity contribution in [3.8, 4) is 0 Å². The van der Waals surface area contributed by atoms with Crippen molar-refractivity contribution >= 4 is 40.3 Å². The maximum Gasteiger partial charge on any atom is 0.254 e. The Morgan fingerprint density at radius 2 is 1.90 bits per heavy atom. The second kappa shape index (κ2) is 12.3. The number of aryl methyl sites for hydroxylation is 1. The highest BCUT2D eigenvalue weighted by Gasteiger charge is 2.38. The van der Waals surface area contributed by atoms with Crippen LogP contribution in [0.5, 0.6) is 0 Å². The molecule has 0 radical (unpaired) electrons. The second-order valence-electron chi connectivity index (χ2n) is 13.0. The first-order valence-corrected chi connectivity index (χ1v) is 16.6. The molecule has 1 saturated heterocycles. The van der Waals surface area contributed by atoms with Crippen molar-refractivity contribution in [3.63, 3.8) is 0 Å². The lowest BCUT2D eigenvalue weighted by Gasteiger charge is -2.48. The fraction of sp³-hybridized carbons (Fsp3) is 0.594. The Hall–Kier alpha value is -2.33. The maximum absolute atomic E-state index is 13.7. The number of fused-ring (bicyclic) bond motifs is 1. The maximum atomic E-state index is 13.7. The average molecular weight is 614 g/mol. The summed E-state index contributed by atoms with van der Waals surface area (Å²) in [6.45, 7) is 14.7. The molecule has 1 aliphatic heterocycles. The van der Waals surface area contributed by atoms with Gasteiger partial charge in [-0.1, -0.05) is 11.6 Å². The first-order valence-electron chi connectivity index (χ1n) is 15.0. The zero-order chi connectivity index (χ0) is 30.3. The summed E-state index contributed by atoms with van der Waals surface area (Å²) < 4.78 is 8.38. The number of hydrogen-bond donors (Lipinski definition) is 2. The van der Waals surface area contributed by atoms with Crippen LogP contribution in [0.4, 0.5) is 0 Å². The molecular formula is C32H44ClN5O3S. The molecule has 1 aliphatic carbocycles. The zero-order valence-corrected chi connectivity index (χ0v) is 27.4. The highest BCUT2D eigenvalue weighted by Crippen LogP contribution is 2.40. The van der Waals surface area contributed by atoms with E-state index in [1.165, 1.54) is 24.6 Å². The number of thioether (sulfide) groups is 1. The van der Waals surface area contributed by atoms with Gasteiger partial charge in [-0.3, -0.25) is 14.5 Å². The van der Waals surface area contributed by atoms with Gasteiger partial charge in [0.05, 0.1) is 22.3 Å². The van der Waals surface area contributed by atoms with E-state index in [9.17, 15) is 9.59 Å². The minimum Gasteiger partial charge on any atom is -0.370 e. The monoisotopic (exact) mass is 613 g/mol. The lowest BCUT2D eigenvalue weighted by molar-refractivity contribution is -0.137. The van der Waals surface area contributed by atoms with Crippen LogP contribution in [0.2, 0.25) is 5.02 Å². The molecule has 8 nitrogen and oxygen atoms in total. The number of aromatic nitrogens is 3. The van der Waals surface area contributed by atoms with E-state index in [1.807, 2.05) is 32.2 Å². The van der Waals surface area contributed by atoms with Crippen molar-refractivity contribution in [2.75, 3.05) is 19.3 Å². The summed E-state index contributed by atoms with van der Waals surface area (Å²) in [5.41, 5.74) is 3.31. The van der Waals surface area contributed by atoms with Crippen molar-refractivity contribution < 1.29 is 9.53 Å².